The Bertz CT molecular complexity index is 318. The van der Waals surface area contributed by atoms with Crippen LogP contribution in [0.1, 0.15) is 66.2 Å². The Morgan fingerprint density at radius 3 is 2.52 bits per heavy atom. The first-order valence-electron chi connectivity index (χ1n) is 8.68. The van der Waals surface area contributed by atoms with Gasteiger partial charge in [0.25, 0.3) is 0 Å². The summed E-state index contributed by atoms with van der Waals surface area (Å²) in [4.78, 5) is 14.9. The number of hydrogen-bond acceptors (Lipinski definition) is 4. The van der Waals surface area contributed by atoms with E-state index >= 15 is 0 Å². The maximum atomic E-state index is 12.4. The van der Waals surface area contributed by atoms with Crippen LogP contribution < -0.4 is 5.32 Å². The van der Waals surface area contributed by atoms with Crippen molar-refractivity contribution >= 4 is 5.97 Å². The Balaban J connectivity index is 2.77. The lowest BCUT2D eigenvalue weighted by Gasteiger charge is -2.34. The molecule has 0 aromatic rings. The van der Waals surface area contributed by atoms with E-state index < -0.39 is 5.54 Å². The van der Waals surface area contributed by atoms with E-state index in [0.717, 1.165) is 45.1 Å². The molecule has 0 saturated heterocycles. The summed E-state index contributed by atoms with van der Waals surface area (Å²) in [5.74, 6) is -0.0566. The minimum Gasteiger partial charge on any atom is -0.465 e. The Morgan fingerprint density at radius 1 is 1.33 bits per heavy atom. The molecule has 0 bridgehead atoms. The van der Waals surface area contributed by atoms with Crippen molar-refractivity contribution in [3.05, 3.63) is 0 Å². The van der Waals surface area contributed by atoms with Crippen molar-refractivity contribution in [1.82, 2.24) is 10.2 Å². The van der Waals surface area contributed by atoms with E-state index in [0.29, 0.717) is 18.7 Å². The highest BCUT2D eigenvalue weighted by molar-refractivity contribution is 5.81. The largest absolute Gasteiger partial charge is 0.465 e. The third-order valence-corrected chi connectivity index (χ3v) is 4.96. The summed E-state index contributed by atoms with van der Waals surface area (Å²) < 4.78 is 5.35. The van der Waals surface area contributed by atoms with Crippen LogP contribution in [0.15, 0.2) is 0 Å². The molecule has 0 amide bonds. The normalized spacial score (nSPS) is 25.8. The fourth-order valence-corrected chi connectivity index (χ4v) is 3.58. The fourth-order valence-electron chi connectivity index (χ4n) is 3.58. The molecule has 0 heterocycles. The molecule has 1 aliphatic carbocycles. The predicted octanol–water partition coefficient (Wildman–Crippen LogP) is 2.96. The molecule has 0 aromatic heterocycles. The van der Waals surface area contributed by atoms with E-state index in [-0.39, 0.29) is 5.97 Å². The number of nitrogens with one attached hydrogen (secondary N) is 1. The van der Waals surface area contributed by atoms with Gasteiger partial charge in [0.05, 0.1) is 6.61 Å². The highest BCUT2D eigenvalue weighted by Crippen LogP contribution is 2.35. The van der Waals surface area contributed by atoms with Gasteiger partial charge in [0, 0.05) is 12.1 Å². The highest BCUT2D eigenvalue weighted by Gasteiger charge is 2.47. The van der Waals surface area contributed by atoms with Crippen LogP contribution in [0.25, 0.3) is 0 Å². The van der Waals surface area contributed by atoms with E-state index in [4.69, 9.17) is 4.74 Å². The SMILES string of the molecule is CCCNC1(C(=O)OCC)CCC(N(C)C(CC)CC)C1. The molecule has 4 heteroatoms. The Labute approximate surface area is 130 Å². The van der Waals surface area contributed by atoms with Crippen molar-refractivity contribution < 1.29 is 9.53 Å². The smallest absolute Gasteiger partial charge is 0.326 e. The van der Waals surface area contributed by atoms with Gasteiger partial charge in [-0.2, -0.15) is 0 Å². The molecule has 0 aromatic carbocycles. The first-order chi connectivity index (χ1) is 10.0. The monoisotopic (exact) mass is 298 g/mol. The number of hydrogen-bond donors (Lipinski definition) is 1. The molecule has 124 valence electrons. The van der Waals surface area contributed by atoms with Gasteiger partial charge in [-0.05, 0) is 59.0 Å². The summed E-state index contributed by atoms with van der Waals surface area (Å²) in [7, 11) is 2.21. The predicted molar refractivity (Wildman–Crippen MR) is 87.4 cm³/mol. The van der Waals surface area contributed by atoms with Gasteiger partial charge in [0.15, 0.2) is 0 Å². The molecule has 1 saturated carbocycles. The summed E-state index contributed by atoms with van der Waals surface area (Å²) in [6, 6.07) is 1.09. The Morgan fingerprint density at radius 2 is 2.00 bits per heavy atom. The van der Waals surface area contributed by atoms with Crippen molar-refractivity contribution in [3.63, 3.8) is 0 Å². The van der Waals surface area contributed by atoms with Crippen LogP contribution >= 0.6 is 0 Å². The Kier molecular flexibility index (Phi) is 7.67. The van der Waals surface area contributed by atoms with Crippen molar-refractivity contribution in [2.45, 2.75) is 83.8 Å². The summed E-state index contributed by atoms with van der Waals surface area (Å²) in [6.07, 6.45) is 6.20. The second-order valence-electron chi connectivity index (χ2n) is 6.26. The third-order valence-electron chi connectivity index (χ3n) is 4.96. The molecule has 1 aliphatic rings. The van der Waals surface area contributed by atoms with Gasteiger partial charge in [-0.3, -0.25) is 4.79 Å². The molecule has 1 rings (SSSR count). The lowest BCUT2D eigenvalue weighted by atomic mass is 9.96. The van der Waals surface area contributed by atoms with Crippen LogP contribution in [0.2, 0.25) is 0 Å². The van der Waals surface area contributed by atoms with Crippen molar-refractivity contribution in [2.75, 3.05) is 20.2 Å². The number of esters is 1. The molecular formula is C17H34N2O2. The molecule has 4 nitrogen and oxygen atoms in total. The zero-order chi connectivity index (χ0) is 15.9. The summed E-state index contributed by atoms with van der Waals surface area (Å²) in [5.41, 5.74) is -0.461. The van der Waals surface area contributed by atoms with E-state index in [9.17, 15) is 4.79 Å². The first kappa shape index (κ1) is 18.4. The lowest BCUT2D eigenvalue weighted by Crippen LogP contribution is -2.52. The third kappa shape index (κ3) is 4.43. The van der Waals surface area contributed by atoms with Crippen LogP contribution in [-0.2, 0) is 9.53 Å². The maximum Gasteiger partial charge on any atom is 0.326 e. The Hall–Kier alpha value is -0.610. The summed E-state index contributed by atoms with van der Waals surface area (Å²) in [6.45, 7) is 9.84. The zero-order valence-electron chi connectivity index (χ0n) is 14.6. The molecule has 2 unspecified atom stereocenters. The molecule has 2 atom stereocenters. The number of carbonyl (C=O) groups excluding carboxylic acids is 1. The number of nitrogens with zero attached hydrogens (tertiary/aromatic N) is 1. The first-order valence-corrected chi connectivity index (χ1v) is 8.68. The van der Waals surface area contributed by atoms with Gasteiger partial charge in [0.1, 0.15) is 5.54 Å². The summed E-state index contributed by atoms with van der Waals surface area (Å²) >= 11 is 0. The zero-order valence-corrected chi connectivity index (χ0v) is 14.6. The minimum absolute atomic E-state index is 0.0566. The average molecular weight is 298 g/mol. The van der Waals surface area contributed by atoms with Gasteiger partial charge in [0.2, 0.25) is 0 Å². The molecule has 0 spiro atoms. The van der Waals surface area contributed by atoms with Crippen LogP contribution in [0.5, 0.6) is 0 Å². The van der Waals surface area contributed by atoms with Crippen LogP contribution in [-0.4, -0.2) is 48.7 Å². The van der Waals surface area contributed by atoms with E-state index in [1.165, 1.54) is 0 Å². The second kappa shape index (κ2) is 8.74. The molecule has 0 radical (unpaired) electrons. The van der Waals surface area contributed by atoms with Crippen LogP contribution in [0.3, 0.4) is 0 Å². The number of ether oxygens (including phenoxy) is 1. The van der Waals surface area contributed by atoms with E-state index in [1.807, 2.05) is 6.92 Å². The van der Waals surface area contributed by atoms with Gasteiger partial charge >= 0.3 is 5.97 Å². The van der Waals surface area contributed by atoms with Crippen molar-refractivity contribution in [2.24, 2.45) is 0 Å². The van der Waals surface area contributed by atoms with E-state index in [2.05, 4.69) is 38.0 Å². The van der Waals surface area contributed by atoms with Gasteiger partial charge in [-0.25, -0.2) is 0 Å². The molecule has 0 aliphatic heterocycles. The average Bonchev–Trinajstić information content (AvgIpc) is 2.92. The molecule has 21 heavy (non-hydrogen) atoms. The fraction of sp³-hybridized carbons (Fsp3) is 0.941. The minimum atomic E-state index is -0.461. The quantitative estimate of drug-likeness (QED) is 0.665. The molecule has 1 fully saturated rings. The van der Waals surface area contributed by atoms with Crippen LogP contribution in [0, 0.1) is 0 Å². The van der Waals surface area contributed by atoms with Crippen molar-refractivity contribution in [3.8, 4) is 0 Å². The molecular weight excluding hydrogens is 264 g/mol. The van der Waals surface area contributed by atoms with Crippen molar-refractivity contribution in [1.29, 1.82) is 0 Å². The topological polar surface area (TPSA) is 41.6 Å². The van der Waals surface area contributed by atoms with E-state index in [1.54, 1.807) is 0 Å². The standard InChI is InChI=1S/C17H34N2O2/c1-6-12-18-17(16(20)21-9-4)11-10-15(13-17)19(5)14(7-2)8-3/h14-15,18H,6-13H2,1-5H3. The maximum absolute atomic E-state index is 12.4. The van der Waals surface area contributed by atoms with Gasteiger partial charge in [-0.1, -0.05) is 20.8 Å². The number of carbonyl (C=O) groups is 1. The van der Waals surface area contributed by atoms with Gasteiger partial charge in [-0.15, -0.1) is 0 Å². The lowest BCUT2D eigenvalue weighted by molar-refractivity contribution is -0.151. The summed E-state index contributed by atoms with van der Waals surface area (Å²) in [5, 5.41) is 3.49. The second-order valence-corrected chi connectivity index (χ2v) is 6.26. The van der Waals surface area contributed by atoms with Gasteiger partial charge < -0.3 is 15.0 Å². The van der Waals surface area contributed by atoms with Crippen LogP contribution in [0.4, 0.5) is 0 Å². The number of rotatable bonds is 9. The highest BCUT2D eigenvalue weighted by atomic mass is 16.5. The molecule has 1 N–H and O–H groups in total.